The van der Waals surface area contributed by atoms with Gasteiger partial charge in [0.15, 0.2) is 4.77 Å². The van der Waals surface area contributed by atoms with Crippen molar-refractivity contribution in [2.45, 2.75) is 18.9 Å². The predicted octanol–water partition coefficient (Wildman–Crippen LogP) is 1.34. The van der Waals surface area contributed by atoms with Gasteiger partial charge in [-0.15, -0.1) is 0 Å². The molecule has 0 aliphatic heterocycles. The molecule has 1 atom stereocenters. The summed E-state index contributed by atoms with van der Waals surface area (Å²) >= 11 is 5.06. The minimum absolute atomic E-state index is 0.0449. The number of aliphatic carboxylic acids is 2. The summed E-state index contributed by atoms with van der Waals surface area (Å²) in [5.74, 6) is -3.00. The highest BCUT2D eigenvalue weighted by Gasteiger charge is 2.18. The van der Waals surface area contributed by atoms with Gasteiger partial charge in [-0.1, -0.05) is 18.2 Å². The fourth-order valence-corrected chi connectivity index (χ4v) is 2.44. The lowest BCUT2D eigenvalue weighted by molar-refractivity contribution is -0.139. The molecule has 0 aliphatic carbocycles. The summed E-state index contributed by atoms with van der Waals surface area (Å²) in [6, 6.07) is 7.13. The third-order valence-electron chi connectivity index (χ3n) is 3.44. The SMILES string of the molecule is O=C(O)CC[C@@H](N=Cc1c(O)n(-c2ccccc2)c(=S)[nH]c1=O)C(=O)O. The van der Waals surface area contributed by atoms with E-state index >= 15 is 0 Å². The summed E-state index contributed by atoms with van der Waals surface area (Å²) in [4.78, 5) is 39.9. The largest absolute Gasteiger partial charge is 0.494 e. The quantitative estimate of drug-likeness (QED) is 0.421. The van der Waals surface area contributed by atoms with Gasteiger partial charge < -0.3 is 15.3 Å². The van der Waals surface area contributed by atoms with E-state index in [0.29, 0.717) is 5.69 Å². The monoisotopic (exact) mass is 377 g/mol. The lowest BCUT2D eigenvalue weighted by Gasteiger charge is -2.11. The molecule has 0 unspecified atom stereocenters. The molecule has 26 heavy (non-hydrogen) atoms. The molecule has 1 heterocycles. The first-order chi connectivity index (χ1) is 12.3. The number of aliphatic imine (C=N–C) groups is 1. The summed E-state index contributed by atoms with van der Waals surface area (Å²) < 4.78 is 1.15. The number of H-pyrrole nitrogens is 1. The summed E-state index contributed by atoms with van der Waals surface area (Å²) in [6.45, 7) is 0. The van der Waals surface area contributed by atoms with Gasteiger partial charge in [0.25, 0.3) is 5.56 Å². The third-order valence-corrected chi connectivity index (χ3v) is 3.72. The lowest BCUT2D eigenvalue weighted by atomic mass is 10.1. The van der Waals surface area contributed by atoms with Crippen molar-refractivity contribution in [2.75, 3.05) is 0 Å². The van der Waals surface area contributed by atoms with Gasteiger partial charge in [-0.3, -0.25) is 24.1 Å². The van der Waals surface area contributed by atoms with Crippen LogP contribution >= 0.6 is 12.2 Å². The Morgan fingerprint density at radius 1 is 1.27 bits per heavy atom. The van der Waals surface area contributed by atoms with Crippen LogP contribution in [-0.4, -0.2) is 49.1 Å². The number of hydrogen-bond donors (Lipinski definition) is 4. The van der Waals surface area contributed by atoms with E-state index in [2.05, 4.69) is 9.98 Å². The number of carbonyl (C=O) groups is 2. The molecule has 0 bridgehead atoms. The van der Waals surface area contributed by atoms with Crippen molar-refractivity contribution in [3.63, 3.8) is 0 Å². The van der Waals surface area contributed by atoms with E-state index in [1.54, 1.807) is 30.3 Å². The molecule has 0 aliphatic rings. The number of para-hydroxylation sites is 1. The zero-order valence-electron chi connectivity index (χ0n) is 13.3. The first-order valence-corrected chi connectivity index (χ1v) is 7.83. The second-order valence-electron chi connectivity index (χ2n) is 5.23. The van der Waals surface area contributed by atoms with Crippen LogP contribution in [0.15, 0.2) is 40.1 Å². The van der Waals surface area contributed by atoms with E-state index in [4.69, 9.17) is 22.4 Å². The van der Waals surface area contributed by atoms with Crippen LogP contribution in [-0.2, 0) is 9.59 Å². The molecule has 0 spiro atoms. The summed E-state index contributed by atoms with van der Waals surface area (Å²) in [7, 11) is 0. The molecule has 10 heteroatoms. The van der Waals surface area contributed by atoms with Crippen molar-refractivity contribution in [3.05, 3.63) is 51.0 Å². The van der Waals surface area contributed by atoms with Crippen LogP contribution < -0.4 is 5.56 Å². The number of nitrogens with one attached hydrogen (secondary N) is 1. The van der Waals surface area contributed by atoms with Crippen molar-refractivity contribution < 1.29 is 24.9 Å². The van der Waals surface area contributed by atoms with E-state index in [1.165, 1.54) is 4.57 Å². The van der Waals surface area contributed by atoms with Gasteiger partial charge in [-0.05, 0) is 30.8 Å². The van der Waals surface area contributed by atoms with Crippen LogP contribution in [0, 0.1) is 4.77 Å². The standard InChI is InChI=1S/C16H15N3O6S/c20-12(21)7-6-11(15(24)25)17-8-10-13(22)18-16(26)19(14(10)23)9-4-2-1-3-5-9/h1-5,8,11,23H,6-7H2,(H,20,21)(H,24,25)(H,18,22,26)/t11-/m1/s1. The summed E-state index contributed by atoms with van der Waals surface area (Å²) in [6.07, 6.45) is 0.256. The molecule has 0 saturated heterocycles. The molecular weight excluding hydrogens is 362 g/mol. The minimum atomic E-state index is -1.36. The Bertz CT molecular complexity index is 964. The van der Waals surface area contributed by atoms with Crippen molar-refractivity contribution >= 4 is 30.4 Å². The molecule has 0 amide bonds. The number of aromatic amines is 1. The normalized spacial score (nSPS) is 12.2. The number of carboxylic acids is 2. The van der Waals surface area contributed by atoms with Crippen molar-refractivity contribution in [1.29, 1.82) is 0 Å². The molecule has 0 saturated carbocycles. The molecule has 0 radical (unpaired) electrons. The topological polar surface area (TPSA) is 145 Å². The Balaban J connectivity index is 2.46. The maximum Gasteiger partial charge on any atom is 0.328 e. The first kappa shape index (κ1) is 19.1. The van der Waals surface area contributed by atoms with Crippen LogP contribution in [0.2, 0.25) is 0 Å². The van der Waals surface area contributed by atoms with E-state index in [9.17, 15) is 19.5 Å². The number of benzene rings is 1. The molecule has 9 nitrogen and oxygen atoms in total. The molecule has 0 fully saturated rings. The highest BCUT2D eigenvalue weighted by Crippen LogP contribution is 2.18. The van der Waals surface area contributed by atoms with Crippen molar-refractivity contribution in [3.8, 4) is 11.6 Å². The van der Waals surface area contributed by atoms with Crippen molar-refractivity contribution in [1.82, 2.24) is 9.55 Å². The second kappa shape index (κ2) is 8.21. The number of hydrogen-bond acceptors (Lipinski definition) is 6. The zero-order valence-corrected chi connectivity index (χ0v) is 14.1. The van der Waals surface area contributed by atoms with Gasteiger partial charge in [0, 0.05) is 12.6 Å². The van der Waals surface area contributed by atoms with Crippen molar-refractivity contribution in [2.24, 2.45) is 4.99 Å². The van der Waals surface area contributed by atoms with Crippen LogP contribution in [0.1, 0.15) is 18.4 Å². The fraction of sp³-hybridized carbons (Fsp3) is 0.188. The Morgan fingerprint density at radius 2 is 1.92 bits per heavy atom. The van der Waals surface area contributed by atoms with Crippen LogP contribution in [0.3, 0.4) is 0 Å². The average Bonchev–Trinajstić information content (AvgIpc) is 2.57. The minimum Gasteiger partial charge on any atom is -0.494 e. The maximum absolute atomic E-state index is 12.1. The zero-order chi connectivity index (χ0) is 19.3. The molecule has 1 aromatic carbocycles. The highest BCUT2D eigenvalue weighted by molar-refractivity contribution is 7.71. The molecule has 136 valence electrons. The van der Waals surface area contributed by atoms with E-state index < -0.39 is 35.8 Å². The lowest BCUT2D eigenvalue weighted by Crippen LogP contribution is -2.22. The van der Waals surface area contributed by atoms with Gasteiger partial charge in [0.2, 0.25) is 5.88 Å². The maximum atomic E-state index is 12.1. The van der Waals surface area contributed by atoms with Gasteiger partial charge in [-0.2, -0.15) is 0 Å². The number of nitrogens with zero attached hydrogens (tertiary/aromatic N) is 2. The van der Waals surface area contributed by atoms with Crippen LogP contribution in [0.4, 0.5) is 0 Å². The molecular formula is C16H15N3O6S. The predicted molar refractivity (Wildman–Crippen MR) is 94.8 cm³/mol. The van der Waals surface area contributed by atoms with Gasteiger partial charge in [0.05, 0.1) is 5.69 Å². The van der Waals surface area contributed by atoms with Gasteiger partial charge >= 0.3 is 11.9 Å². The Labute approximate surface area is 151 Å². The molecule has 2 aromatic rings. The smallest absolute Gasteiger partial charge is 0.328 e. The van der Waals surface area contributed by atoms with E-state index in [1.807, 2.05) is 0 Å². The van der Waals surface area contributed by atoms with Gasteiger partial charge in [0.1, 0.15) is 11.6 Å². The number of aromatic nitrogens is 2. The second-order valence-corrected chi connectivity index (χ2v) is 5.62. The number of rotatable bonds is 7. The molecule has 2 rings (SSSR count). The Hall–Kier alpha value is -3.27. The van der Waals surface area contributed by atoms with Crippen LogP contribution in [0.5, 0.6) is 5.88 Å². The Morgan fingerprint density at radius 3 is 2.50 bits per heavy atom. The van der Waals surface area contributed by atoms with Gasteiger partial charge in [-0.25, -0.2) is 4.79 Å². The fourth-order valence-electron chi connectivity index (χ4n) is 2.16. The van der Waals surface area contributed by atoms with E-state index in [0.717, 1.165) is 6.21 Å². The molecule has 1 aromatic heterocycles. The number of carboxylic acid groups (broad SMARTS) is 2. The third kappa shape index (κ3) is 4.42. The van der Waals surface area contributed by atoms with Crippen LogP contribution in [0.25, 0.3) is 5.69 Å². The average molecular weight is 377 g/mol. The highest BCUT2D eigenvalue weighted by atomic mass is 32.1. The first-order valence-electron chi connectivity index (χ1n) is 7.42. The molecule has 4 N–H and O–H groups in total. The Kier molecular flexibility index (Phi) is 6.02. The summed E-state index contributed by atoms with van der Waals surface area (Å²) in [5, 5.41) is 28.2. The summed E-state index contributed by atoms with van der Waals surface area (Å²) in [5.41, 5.74) is -0.545. The van der Waals surface area contributed by atoms with E-state index in [-0.39, 0.29) is 16.8 Å². The number of aromatic hydroxyl groups is 1.